The summed E-state index contributed by atoms with van der Waals surface area (Å²) in [5.41, 5.74) is 0. The van der Waals surface area contributed by atoms with Gasteiger partial charge in [-0.1, -0.05) is 6.92 Å². The Kier molecular flexibility index (Phi) is 6.54. The molecule has 0 aliphatic carbocycles. The molecule has 0 aromatic rings. The smallest absolute Gasteiger partial charge is 0.242 e. The van der Waals surface area contributed by atoms with E-state index in [1.54, 1.807) is 4.90 Å². The average molecular weight is 292 g/mol. The fourth-order valence-corrected chi connectivity index (χ4v) is 2.50. The van der Waals surface area contributed by atoms with Gasteiger partial charge in [-0.3, -0.25) is 9.59 Å². The molecule has 6 nitrogen and oxygen atoms in total. The van der Waals surface area contributed by atoms with Gasteiger partial charge in [0.15, 0.2) is 0 Å². The summed E-state index contributed by atoms with van der Waals surface area (Å²) in [6.07, 6.45) is 1.07. The molecule has 0 spiro atoms. The van der Waals surface area contributed by atoms with Crippen LogP contribution in [0, 0.1) is 0 Å². The standard InChI is InChI=1S/C12H21N3O3.ClH/c1-2-10-12(17)14-3-5-15(10)11(16)7-9-8-18-6-4-13-9;/h9-10,13H,2-8H2,1H3,(H,14,17);1H. The predicted octanol–water partition coefficient (Wildman–Crippen LogP) is -0.476. The molecule has 2 saturated heterocycles. The summed E-state index contributed by atoms with van der Waals surface area (Å²) < 4.78 is 5.33. The molecule has 2 aliphatic heterocycles. The van der Waals surface area contributed by atoms with E-state index in [2.05, 4.69) is 10.6 Å². The van der Waals surface area contributed by atoms with E-state index in [0.717, 1.165) is 6.54 Å². The Labute approximate surface area is 119 Å². The maximum Gasteiger partial charge on any atom is 0.242 e. The summed E-state index contributed by atoms with van der Waals surface area (Å²) in [5.74, 6) is 0.00431. The lowest BCUT2D eigenvalue weighted by molar-refractivity contribution is -0.144. The summed E-state index contributed by atoms with van der Waals surface area (Å²) in [6.45, 7) is 5.15. The SMILES string of the molecule is CCC1C(=O)NCCN1C(=O)CC1COCCN1.Cl. The third-order valence-electron chi connectivity index (χ3n) is 3.46. The molecule has 2 atom stereocenters. The van der Waals surface area contributed by atoms with Gasteiger partial charge in [0.1, 0.15) is 6.04 Å². The minimum atomic E-state index is -0.309. The van der Waals surface area contributed by atoms with E-state index in [9.17, 15) is 9.59 Å². The van der Waals surface area contributed by atoms with Gasteiger partial charge in [-0.05, 0) is 6.42 Å². The van der Waals surface area contributed by atoms with Crippen LogP contribution in [0.25, 0.3) is 0 Å². The zero-order valence-corrected chi connectivity index (χ0v) is 12.0. The van der Waals surface area contributed by atoms with E-state index in [4.69, 9.17) is 4.74 Å². The van der Waals surface area contributed by atoms with Crippen LogP contribution in [0.3, 0.4) is 0 Å². The normalized spacial score (nSPS) is 27.4. The van der Waals surface area contributed by atoms with Gasteiger partial charge in [0.25, 0.3) is 0 Å². The molecule has 2 fully saturated rings. The van der Waals surface area contributed by atoms with Crippen LogP contribution in [0.15, 0.2) is 0 Å². The Balaban J connectivity index is 0.00000180. The van der Waals surface area contributed by atoms with Gasteiger partial charge < -0.3 is 20.3 Å². The highest BCUT2D eigenvalue weighted by atomic mass is 35.5. The molecule has 2 rings (SSSR count). The number of hydrogen-bond donors (Lipinski definition) is 2. The summed E-state index contributed by atoms with van der Waals surface area (Å²) in [6, 6.07) is -0.232. The molecule has 0 aromatic heterocycles. The van der Waals surface area contributed by atoms with Gasteiger partial charge in [0.2, 0.25) is 11.8 Å². The fourth-order valence-electron chi connectivity index (χ4n) is 2.50. The van der Waals surface area contributed by atoms with Crippen LogP contribution in [0.1, 0.15) is 19.8 Å². The lowest BCUT2D eigenvalue weighted by Gasteiger charge is -2.35. The molecule has 110 valence electrons. The molecule has 0 saturated carbocycles. The van der Waals surface area contributed by atoms with Crippen LogP contribution in [-0.4, -0.2) is 61.6 Å². The van der Waals surface area contributed by atoms with Crippen LogP contribution < -0.4 is 10.6 Å². The Morgan fingerprint density at radius 3 is 2.89 bits per heavy atom. The lowest BCUT2D eigenvalue weighted by Crippen LogP contribution is -2.58. The zero-order valence-electron chi connectivity index (χ0n) is 11.2. The third kappa shape index (κ3) is 4.06. The first-order chi connectivity index (χ1) is 8.72. The van der Waals surface area contributed by atoms with Gasteiger partial charge in [0.05, 0.1) is 13.2 Å². The number of carbonyl (C=O) groups is 2. The Morgan fingerprint density at radius 2 is 2.26 bits per heavy atom. The van der Waals surface area contributed by atoms with Gasteiger partial charge in [-0.25, -0.2) is 0 Å². The molecule has 2 aliphatic rings. The van der Waals surface area contributed by atoms with Crippen LogP contribution in [0.5, 0.6) is 0 Å². The Bertz CT molecular complexity index is 321. The number of carbonyl (C=O) groups excluding carboxylic acids is 2. The van der Waals surface area contributed by atoms with Crippen molar-refractivity contribution in [1.82, 2.24) is 15.5 Å². The largest absolute Gasteiger partial charge is 0.378 e. The number of piperazine rings is 1. The number of amides is 2. The van der Waals surface area contributed by atoms with E-state index >= 15 is 0 Å². The Hall–Kier alpha value is -0.850. The van der Waals surface area contributed by atoms with Crippen LogP contribution in [0.2, 0.25) is 0 Å². The minimum Gasteiger partial charge on any atom is -0.378 e. The predicted molar refractivity (Wildman–Crippen MR) is 73.3 cm³/mol. The Morgan fingerprint density at radius 1 is 1.47 bits per heavy atom. The van der Waals surface area contributed by atoms with Crippen molar-refractivity contribution in [2.75, 3.05) is 32.8 Å². The fraction of sp³-hybridized carbons (Fsp3) is 0.833. The van der Waals surface area contributed by atoms with Crippen LogP contribution in [-0.2, 0) is 14.3 Å². The topological polar surface area (TPSA) is 70.7 Å². The third-order valence-corrected chi connectivity index (χ3v) is 3.46. The lowest BCUT2D eigenvalue weighted by atomic mass is 10.1. The van der Waals surface area contributed by atoms with Crippen molar-refractivity contribution < 1.29 is 14.3 Å². The van der Waals surface area contributed by atoms with Crippen molar-refractivity contribution in [2.24, 2.45) is 0 Å². The number of ether oxygens (including phenoxy) is 1. The first kappa shape index (κ1) is 16.2. The second-order valence-corrected chi connectivity index (χ2v) is 4.73. The van der Waals surface area contributed by atoms with Crippen LogP contribution >= 0.6 is 12.4 Å². The monoisotopic (exact) mass is 291 g/mol. The van der Waals surface area contributed by atoms with E-state index in [0.29, 0.717) is 39.1 Å². The molecular formula is C12H22ClN3O3. The van der Waals surface area contributed by atoms with Gasteiger partial charge in [-0.2, -0.15) is 0 Å². The highest BCUT2D eigenvalue weighted by Gasteiger charge is 2.32. The molecule has 2 amide bonds. The molecule has 0 bridgehead atoms. The molecule has 2 N–H and O–H groups in total. The number of nitrogens with zero attached hydrogens (tertiary/aromatic N) is 1. The van der Waals surface area contributed by atoms with Crippen molar-refractivity contribution >= 4 is 24.2 Å². The molecule has 0 aromatic carbocycles. The van der Waals surface area contributed by atoms with Gasteiger partial charge in [0, 0.05) is 32.1 Å². The molecule has 0 radical (unpaired) electrons. The number of hydrogen-bond acceptors (Lipinski definition) is 4. The van der Waals surface area contributed by atoms with Gasteiger partial charge >= 0.3 is 0 Å². The average Bonchev–Trinajstić information content (AvgIpc) is 2.39. The quantitative estimate of drug-likeness (QED) is 0.737. The first-order valence-corrected chi connectivity index (χ1v) is 6.60. The maximum atomic E-state index is 12.2. The maximum absolute atomic E-state index is 12.2. The number of morpholine rings is 1. The van der Waals surface area contributed by atoms with Gasteiger partial charge in [-0.15, -0.1) is 12.4 Å². The highest BCUT2D eigenvalue weighted by Crippen LogP contribution is 2.12. The van der Waals surface area contributed by atoms with Crippen molar-refractivity contribution in [2.45, 2.75) is 31.8 Å². The van der Waals surface area contributed by atoms with E-state index < -0.39 is 0 Å². The molecular weight excluding hydrogens is 270 g/mol. The van der Waals surface area contributed by atoms with Crippen molar-refractivity contribution in [3.05, 3.63) is 0 Å². The second-order valence-electron chi connectivity index (χ2n) is 4.73. The zero-order chi connectivity index (χ0) is 13.0. The van der Waals surface area contributed by atoms with Crippen molar-refractivity contribution in [3.8, 4) is 0 Å². The first-order valence-electron chi connectivity index (χ1n) is 6.60. The number of rotatable bonds is 3. The summed E-state index contributed by atoms with van der Waals surface area (Å²) in [4.78, 5) is 25.6. The highest BCUT2D eigenvalue weighted by molar-refractivity contribution is 5.88. The number of halogens is 1. The minimum absolute atomic E-state index is 0. The molecule has 2 unspecified atom stereocenters. The summed E-state index contributed by atoms with van der Waals surface area (Å²) in [7, 11) is 0. The van der Waals surface area contributed by atoms with E-state index in [1.807, 2.05) is 6.92 Å². The van der Waals surface area contributed by atoms with Crippen molar-refractivity contribution in [3.63, 3.8) is 0 Å². The second kappa shape index (κ2) is 7.67. The molecule has 2 heterocycles. The van der Waals surface area contributed by atoms with Crippen LogP contribution in [0.4, 0.5) is 0 Å². The van der Waals surface area contributed by atoms with E-state index in [1.165, 1.54) is 0 Å². The van der Waals surface area contributed by atoms with E-state index in [-0.39, 0.29) is 36.3 Å². The summed E-state index contributed by atoms with van der Waals surface area (Å²) in [5, 5.41) is 6.06. The summed E-state index contributed by atoms with van der Waals surface area (Å²) >= 11 is 0. The molecule has 19 heavy (non-hydrogen) atoms. The molecule has 7 heteroatoms. The van der Waals surface area contributed by atoms with Crippen molar-refractivity contribution in [1.29, 1.82) is 0 Å². The number of nitrogens with one attached hydrogen (secondary N) is 2.